The van der Waals surface area contributed by atoms with Crippen molar-refractivity contribution in [1.29, 1.82) is 0 Å². The molecule has 0 fully saturated rings. The molecule has 0 radical (unpaired) electrons. The monoisotopic (exact) mass is 306 g/mol. The average Bonchev–Trinajstić information content (AvgIpc) is 2.88. The van der Waals surface area contributed by atoms with Gasteiger partial charge in [0.05, 0.1) is 11.3 Å². The van der Waals surface area contributed by atoms with E-state index in [9.17, 15) is 4.79 Å². The molecule has 2 aromatic rings. The van der Waals surface area contributed by atoms with Crippen molar-refractivity contribution in [2.45, 2.75) is 20.3 Å². The average molecular weight is 306 g/mol. The normalized spacial score (nSPS) is 15.9. The molecule has 5 heteroatoms. The molecule has 0 saturated heterocycles. The van der Waals surface area contributed by atoms with Gasteiger partial charge in [-0.25, -0.2) is 4.98 Å². The first-order valence-corrected chi connectivity index (χ1v) is 7.56. The number of carbonyl (C=O) groups excluding carboxylic acids is 1. The van der Waals surface area contributed by atoms with E-state index in [1.165, 1.54) is 10.6 Å². The Morgan fingerprint density at radius 1 is 1.17 bits per heavy atom. The predicted molar refractivity (Wildman–Crippen MR) is 92.4 cm³/mol. The summed E-state index contributed by atoms with van der Waals surface area (Å²) < 4.78 is 0. The topological polar surface area (TPSA) is 57.6 Å². The molecule has 1 aliphatic rings. The molecule has 0 atom stereocenters. The number of amides is 1. The number of carbonyl (C=O) groups is 1. The Bertz CT molecular complexity index is 781. The first-order valence-electron chi connectivity index (χ1n) is 7.56. The lowest BCUT2D eigenvalue weighted by Crippen LogP contribution is -2.22. The second-order valence-electron chi connectivity index (χ2n) is 5.20. The smallest absolute Gasteiger partial charge is 0.283 e. The van der Waals surface area contributed by atoms with Crippen LogP contribution in [0.3, 0.4) is 0 Å². The van der Waals surface area contributed by atoms with E-state index in [1.807, 2.05) is 31.2 Å². The van der Waals surface area contributed by atoms with Gasteiger partial charge in [0.1, 0.15) is 0 Å². The van der Waals surface area contributed by atoms with Crippen LogP contribution in [0.5, 0.6) is 0 Å². The summed E-state index contributed by atoms with van der Waals surface area (Å²) in [6.45, 7) is 3.92. The number of benzene rings is 1. The Balaban J connectivity index is 1.84. The predicted octanol–water partition coefficient (Wildman–Crippen LogP) is 3.36. The van der Waals surface area contributed by atoms with Crippen LogP contribution in [0, 0.1) is 0 Å². The van der Waals surface area contributed by atoms with E-state index in [0.29, 0.717) is 17.1 Å². The standard InChI is InChI=1S/C18H18N4O/c1-3-14-8-4-5-9-16(14)20-12-15-13(2)21-22(18(15)23)17-10-6-7-11-19-17/h4-12,20H,3H2,1-2H3. The molecular weight excluding hydrogens is 288 g/mol. The van der Waals surface area contributed by atoms with E-state index in [0.717, 1.165) is 12.1 Å². The first kappa shape index (κ1) is 15.0. The number of pyridine rings is 1. The number of nitrogens with zero attached hydrogens (tertiary/aromatic N) is 3. The quantitative estimate of drug-likeness (QED) is 0.881. The highest BCUT2D eigenvalue weighted by atomic mass is 16.2. The summed E-state index contributed by atoms with van der Waals surface area (Å²) in [5.41, 5.74) is 3.41. The van der Waals surface area contributed by atoms with Crippen molar-refractivity contribution in [3.05, 3.63) is 66.0 Å². The van der Waals surface area contributed by atoms with Crippen molar-refractivity contribution in [3.8, 4) is 0 Å². The van der Waals surface area contributed by atoms with Gasteiger partial charge in [0.2, 0.25) is 0 Å². The fourth-order valence-electron chi connectivity index (χ4n) is 2.44. The van der Waals surface area contributed by atoms with Gasteiger partial charge in [0.25, 0.3) is 5.91 Å². The molecular formula is C18H18N4O. The van der Waals surface area contributed by atoms with Crippen LogP contribution in [0.25, 0.3) is 0 Å². The van der Waals surface area contributed by atoms with Crippen molar-refractivity contribution in [3.63, 3.8) is 0 Å². The van der Waals surface area contributed by atoms with Gasteiger partial charge in [-0.05, 0) is 37.1 Å². The molecule has 1 amide bonds. The van der Waals surface area contributed by atoms with Crippen molar-refractivity contribution >= 4 is 23.1 Å². The van der Waals surface area contributed by atoms with E-state index >= 15 is 0 Å². The SMILES string of the molecule is CCc1ccccc1NC=C1C(=O)N(c2ccccn2)N=C1C. The zero-order valence-corrected chi connectivity index (χ0v) is 13.2. The van der Waals surface area contributed by atoms with Gasteiger partial charge >= 0.3 is 0 Å². The maximum Gasteiger partial charge on any atom is 0.283 e. The highest BCUT2D eigenvalue weighted by Crippen LogP contribution is 2.22. The van der Waals surface area contributed by atoms with E-state index < -0.39 is 0 Å². The fourth-order valence-corrected chi connectivity index (χ4v) is 2.44. The number of rotatable bonds is 4. The molecule has 23 heavy (non-hydrogen) atoms. The largest absolute Gasteiger partial charge is 0.361 e. The van der Waals surface area contributed by atoms with Crippen LogP contribution in [-0.2, 0) is 11.2 Å². The van der Waals surface area contributed by atoms with Gasteiger partial charge in [0, 0.05) is 18.1 Å². The molecule has 1 aromatic carbocycles. The third-order valence-electron chi connectivity index (χ3n) is 3.70. The third kappa shape index (κ3) is 2.99. The number of aromatic nitrogens is 1. The Morgan fingerprint density at radius 2 is 1.96 bits per heavy atom. The van der Waals surface area contributed by atoms with Crippen LogP contribution < -0.4 is 10.3 Å². The highest BCUT2D eigenvalue weighted by molar-refractivity contribution is 6.29. The zero-order chi connectivity index (χ0) is 16.2. The molecule has 3 rings (SSSR count). The molecule has 1 N–H and O–H groups in total. The maximum absolute atomic E-state index is 12.6. The maximum atomic E-state index is 12.6. The minimum absolute atomic E-state index is 0.178. The van der Waals surface area contributed by atoms with Gasteiger partial charge in [-0.2, -0.15) is 10.1 Å². The van der Waals surface area contributed by atoms with E-state index in [1.54, 1.807) is 24.5 Å². The van der Waals surface area contributed by atoms with Gasteiger partial charge in [0.15, 0.2) is 5.82 Å². The summed E-state index contributed by atoms with van der Waals surface area (Å²) in [6.07, 6.45) is 4.29. The van der Waals surface area contributed by atoms with Gasteiger partial charge in [-0.3, -0.25) is 4.79 Å². The van der Waals surface area contributed by atoms with Crippen molar-refractivity contribution in [2.75, 3.05) is 10.3 Å². The number of hydrogen-bond acceptors (Lipinski definition) is 4. The van der Waals surface area contributed by atoms with E-state index in [-0.39, 0.29) is 5.91 Å². The van der Waals surface area contributed by atoms with Crippen molar-refractivity contribution < 1.29 is 4.79 Å². The first-order chi connectivity index (χ1) is 11.2. The fraction of sp³-hybridized carbons (Fsp3) is 0.167. The number of para-hydroxylation sites is 1. The van der Waals surface area contributed by atoms with Gasteiger partial charge < -0.3 is 5.32 Å². The van der Waals surface area contributed by atoms with Crippen molar-refractivity contribution in [2.24, 2.45) is 5.10 Å². The molecule has 116 valence electrons. The van der Waals surface area contributed by atoms with Crippen LogP contribution in [0.4, 0.5) is 11.5 Å². The molecule has 0 unspecified atom stereocenters. The Labute approximate surface area is 135 Å². The third-order valence-corrected chi connectivity index (χ3v) is 3.70. The minimum Gasteiger partial charge on any atom is -0.361 e. The summed E-state index contributed by atoms with van der Waals surface area (Å²) >= 11 is 0. The molecule has 0 bridgehead atoms. The molecule has 0 aliphatic carbocycles. The summed E-state index contributed by atoms with van der Waals surface area (Å²) in [5.74, 6) is 0.344. The zero-order valence-electron chi connectivity index (χ0n) is 13.2. The van der Waals surface area contributed by atoms with Crippen molar-refractivity contribution in [1.82, 2.24) is 4.98 Å². The Hall–Kier alpha value is -2.95. The Kier molecular flexibility index (Phi) is 4.19. The summed E-state index contributed by atoms with van der Waals surface area (Å²) in [4.78, 5) is 16.7. The van der Waals surface area contributed by atoms with Crippen LogP contribution in [0.1, 0.15) is 19.4 Å². The lowest BCUT2D eigenvalue weighted by Gasteiger charge is -2.10. The number of aryl methyl sites for hydroxylation is 1. The van der Waals surface area contributed by atoms with Crippen LogP contribution >= 0.6 is 0 Å². The second kappa shape index (κ2) is 6.44. The van der Waals surface area contributed by atoms with E-state index in [4.69, 9.17) is 0 Å². The minimum atomic E-state index is -0.178. The van der Waals surface area contributed by atoms with E-state index in [2.05, 4.69) is 28.4 Å². The number of nitrogens with one attached hydrogen (secondary N) is 1. The summed E-state index contributed by atoms with van der Waals surface area (Å²) in [5, 5.41) is 8.86. The molecule has 1 aromatic heterocycles. The summed E-state index contributed by atoms with van der Waals surface area (Å²) in [6, 6.07) is 13.4. The Morgan fingerprint density at radius 3 is 2.70 bits per heavy atom. The molecule has 0 saturated carbocycles. The van der Waals surface area contributed by atoms with Gasteiger partial charge in [-0.15, -0.1) is 0 Å². The molecule has 5 nitrogen and oxygen atoms in total. The van der Waals surface area contributed by atoms with Crippen LogP contribution in [0.2, 0.25) is 0 Å². The molecule has 2 heterocycles. The van der Waals surface area contributed by atoms with Crippen LogP contribution in [0.15, 0.2) is 65.5 Å². The lowest BCUT2D eigenvalue weighted by atomic mass is 10.1. The molecule has 0 spiro atoms. The van der Waals surface area contributed by atoms with Gasteiger partial charge in [-0.1, -0.05) is 31.2 Å². The summed E-state index contributed by atoms with van der Waals surface area (Å²) in [7, 11) is 0. The number of hydrogen-bond donors (Lipinski definition) is 1. The lowest BCUT2D eigenvalue weighted by molar-refractivity contribution is -0.114. The molecule has 1 aliphatic heterocycles. The second-order valence-corrected chi connectivity index (χ2v) is 5.20. The highest BCUT2D eigenvalue weighted by Gasteiger charge is 2.29. The van der Waals surface area contributed by atoms with Crippen LogP contribution in [-0.4, -0.2) is 16.6 Å². The number of hydrazone groups is 1. The number of anilines is 2.